The van der Waals surface area contributed by atoms with Crippen LogP contribution in [0.5, 0.6) is 17.2 Å². The van der Waals surface area contributed by atoms with Crippen molar-refractivity contribution >= 4 is 57.6 Å². The molecule has 4 rings (SSSR count). The summed E-state index contributed by atoms with van der Waals surface area (Å²) in [6.07, 6.45) is 2.44. The number of hydrogen-bond acceptors (Lipinski definition) is 6. The number of nitrogens with zero attached hydrogens (tertiary/aromatic N) is 1. The smallest absolute Gasteiger partial charge is 0.270 e. The fourth-order valence-corrected chi connectivity index (χ4v) is 4.80. The van der Waals surface area contributed by atoms with Crippen LogP contribution >= 0.6 is 35.6 Å². The minimum Gasteiger partial charge on any atom is -0.493 e. The molecule has 1 amide bonds. The molecule has 1 heterocycles. The van der Waals surface area contributed by atoms with Gasteiger partial charge in [-0.15, -0.1) is 0 Å². The molecule has 1 fully saturated rings. The van der Waals surface area contributed by atoms with Crippen LogP contribution in [0.3, 0.4) is 0 Å². The molecule has 0 atom stereocenters. The summed E-state index contributed by atoms with van der Waals surface area (Å²) >= 11 is 12.9. The van der Waals surface area contributed by atoms with Gasteiger partial charge in [0.05, 0.1) is 30.9 Å². The van der Waals surface area contributed by atoms with Crippen LogP contribution in [-0.2, 0) is 4.79 Å². The molecule has 0 aromatic heterocycles. The van der Waals surface area contributed by atoms with Crippen LogP contribution < -0.4 is 19.1 Å². The molecule has 1 aliphatic heterocycles. The molecule has 0 aliphatic carbocycles. The first-order valence-corrected chi connectivity index (χ1v) is 12.2. The Bertz CT molecular complexity index is 1220. The Morgan fingerprint density at radius 1 is 0.941 bits per heavy atom. The average molecular weight is 512 g/mol. The number of para-hydroxylation sites is 3. The maximum absolute atomic E-state index is 13.1. The zero-order chi connectivity index (χ0) is 23.9. The standard InChI is InChI=1S/C26H22ClNO4S2/c1-30-22-10-5-6-11-23(22)32-15-7-14-31-21-13-12-19(27)16-18(21)17-24-25(29)28(26(33)34-24)20-8-3-2-4-9-20/h2-6,8-13,16-17H,7,14-15H2,1H3. The van der Waals surface area contributed by atoms with E-state index >= 15 is 0 Å². The first-order valence-electron chi connectivity index (χ1n) is 10.6. The van der Waals surface area contributed by atoms with E-state index in [2.05, 4.69) is 0 Å². The molecule has 174 valence electrons. The summed E-state index contributed by atoms with van der Waals surface area (Å²) in [5, 5.41) is 0.552. The summed E-state index contributed by atoms with van der Waals surface area (Å²) in [5.74, 6) is 1.85. The van der Waals surface area contributed by atoms with Crippen LogP contribution in [0.1, 0.15) is 12.0 Å². The van der Waals surface area contributed by atoms with E-state index in [1.165, 1.54) is 16.7 Å². The Morgan fingerprint density at radius 3 is 2.35 bits per heavy atom. The van der Waals surface area contributed by atoms with Crippen molar-refractivity contribution in [1.29, 1.82) is 0 Å². The maximum atomic E-state index is 13.1. The van der Waals surface area contributed by atoms with Gasteiger partial charge in [-0.3, -0.25) is 9.69 Å². The molecule has 1 aliphatic rings. The summed E-state index contributed by atoms with van der Waals surface area (Å²) in [5.41, 5.74) is 1.46. The number of halogens is 1. The third-order valence-electron chi connectivity index (χ3n) is 4.94. The number of thioether (sulfide) groups is 1. The molecule has 34 heavy (non-hydrogen) atoms. The van der Waals surface area contributed by atoms with Crippen LogP contribution in [0, 0.1) is 0 Å². The van der Waals surface area contributed by atoms with Gasteiger partial charge in [0.1, 0.15) is 5.75 Å². The van der Waals surface area contributed by atoms with E-state index in [0.717, 1.165) is 5.69 Å². The molecule has 0 bridgehead atoms. The van der Waals surface area contributed by atoms with E-state index in [9.17, 15) is 4.79 Å². The SMILES string of the molecule is COc1ccccc1OCCCOc1ccc(Cl)cc1C=C1SC(=S)N(c2ccccc2)C1=O. The largest absolute Gasteiger partial charge is 0.493 e. The third-order valence-corrected chi connectivity index (χ3v) is 6.48. The number of carbonyl (C=O) groups is 1. The molecular formula is C26H22ClNO4S2. The van der Waals surface area contributed by atoms with Gasteiger partial charge >= 0.3 is 0 Å². The van der Waals surface area contributed by atoms with Gasteiger partial charge in [-0.25, -0.2) is 0 Å². The fraction of sp³-hybridized carbons (Fsp3) is 0.154. The summed E-state index contributed by atoms with van der Waals surface area (Å²) in [6.45, 7) is 0.904. The summed E-state index contributed by atoms with van der Waals surface area (Å²) in [4.78, 5) is 15.1. The number of benzene rings is 3. The summed E-state index contributed by atoms with van der Waals surface area (Å²) < 4.78 is 17.6. The van der Waals surface area contributed by atoms with E-state index in [1.807, 2.05) is 54.6 Å². The molecule has 3 aromatic rings. The van der Waals surface area contributed by atoms with Gasteiger partial charge < -0.3 is 14.2 Å². The van der Waals surface area contributed by atoms with E-state index < -0.39 is 0 Å². The number of amides is 1. The molecule has 5 nitrogen and oxygen atoms in total. The fourth-order valence-electron chi connectivity index (χ4n) is 3.33. The molecule has 3 aromatic carbocycles. The molecule has 0 saturated carbocycles. The van der Waals surface area contributed by atoms with Crippen molar-refractivity contribution in [1.82, 2.24) is 0 Å². The second-order valence-electron chi connectivity index (χ2n) is 7.24. The number of rotatable bonds is 9. The number of carbonyl (C=O) groups excluding carboxylic acids is 1. The van der Waals surface area contributed by atoms with Gasteiger partial charge in [-0.05, 0) is 48.5 Å². The van der Waals surface area contributed by atoms with E-state index in [0.29, 0.717) is 56.7 Å². The Kier molecular flexibility index (Phi) is 8.11. The molecule has 0 radical (unpaired) electrons. The highest BCUT2D eigenvalue weighted by atomic mass is 35.5. The van der Waals surface area contributed by atoms with Gasteiger partial charge in [0.25, 0.3) is 5.91 Å². The van der Waals surface area contributed by atoms with E-state index in [4.69, 9.17) is 38.0 Å². The Labute approximate surface area is 213 Å². The van der Waals surface area contributed by atoms with Crippen molar-refractivity contribution in [3.05, 3.63) is 88.3 Å². The Balaban J connectivity index is 1.42. The quantitative estimate of drug-likeness (QED) is 0.183. The highest BCUT2D eigenvalue weighted by molar-refractivity contribution is 8.27. The minimum atomic E-state index is -0.169. The average Bonchev–Trinajstić information content (AvgIpc) is 3.13. The lowest BCUT2D eigenvalue weighted by molar-refractivity contribution is -0.113. The van der Waals surface area contributed by atoms with Crippen molar-refractivity contribution in [3.63, 3.8) is 0 Å². The van der Waals surface area contributed by atoms with Gasteiger partial charge in [0.15, 0.2) is 15.8 Å². The van der Waals surface area contributed by atoms with Crippen molar-refractivity contribution in [2.24, 2.45) is 0 Å². The van der Waals surface area contributed by atoms with Gasteiger partial charge in [0.2, 0.25) is 0 Å². The Hall–Kier alpha value is -3.00. The predicted molar refractivity (Wildman–Crippen MR) is 142 cm³/mol. The first kappa shape index (κ1) is 24.1. The number of methoxy groups -OCH3 is 1. The second kappa shape index (κ2) is 11.4. The second-order valence-corrected chi connectivity index (χ2v) is 9.35. The molecule has 0 spiro atoms. The van der Waals surface area contributed by atoms with Crippen molar-refractivity contribution in [2.45, 2.75) is 6.42 Å². The van der Waals surface area contributed by atoms with Gasteiger partial charge in [-0.2, -0.15) is 0 Å². The van der Waals surface area contributed by atoms with E-state index in [-0.39, 0.29) is 5.91 Å². The normalized spacial score (nSPS) is 14.5. The van der Waals surface area contributed by atoms with Crippen molar-refractivity contribution in [2.75, 3.05) is 25.2 Å². The van der Waals surface area contributed by atoms with Crippen LogP contribution in [0.4, 0.5) is 5.69 Å². The van der Waals surface area contributed by atoms with Crippen molar-refractivity contribution < 1.29 is 19.0 Å². The maximum Gasteiger partial charge on any atom is 0.270 e. The Morgan fingerprint density at radius 2 is 1.62 bits per heavy atom. The lowest BCUT2D eigenvalue weighted by Gasteiger charge is -2.14. The van der Waals surface area contributed by atoms with Crippen LogP contribution in [0.15, 0.2) is 77.7 Å². The summed E-state index contributed by atoms with van der Waals surface area (Å²) in [7, 11) is 1.61. The zero-order valence-corrected chi connectivity index (χ0v) is 20.8. The van der Waals surface area contributed by atoms with Crippen LogP contribution in [0.2, 0.25) is 5.02 Å². The lowest BCUT2D eigenvalue weighted by Crippen LogP contribution is -2.27. The molecular weight excluding hydrogens is 490 g/mol. The highest BCUT2D eigenvalue weighted by Crippen LogP contribution is 2.37. The van der Waals surface area contributed by atoms with Crippen molar-refractivity contribution in [3.8, 4) is 17.2 Å². The number of hydrogen-bond donors (Lipinski definition) is 0. The summed E-state index contributed by atoms with van der Waals surface area (Å²) in [6, 6.07) is 22.2. The van der Waals surface area contributed by atoms with Crippen LogP contribution in [0.25, 0.3) is 6.08 Å². The zero-order valence-electron chi connectivity index (χ0n) is 18.4. The number of thiocarbonyl (C=S) groups is 1. The van der Waals surface area contributed by atoms with Crippen LogP contribution in [-0.4, -0.2) is 30.6 Å². The molecule has 0 N–H and O–H groups in total. The number of ether oxygens (including phenoxy) is 3. The van der Waals surface area contributed by atoms with E-state index in [1.54, 1.807) is 31.4 Å². The third kappa shape index (κ3) is 5.73. The minimum absolute atomic E-state index is 0.169. The molecule has 1 saturated heterocycles. The first-order chi connectivity index (χ1) is 16.6. The molecule has 8 heteroatoms. The highest BCUT2D eigenvalue weighted by Gasteiger charge is 2.33. The number of anilines is 1. The topological polar surface area (TPSA) is 48.0 Å². The molecule has 0 unspecified atom stereocenters. The van der Waals surface area contributed by atoms with Gasteiger partial charge in [0, 0.05) is 17.0 Å². The monoisotopic (exact) mass is 511 g/mol. The van der Waals surface area contributed by atoms with Gasteiger partial charge in [-0.1, -0.05) is 65.9 Å². The predicted octanol–water partition coefficient (Wildman–Crippen LogP) is 6.60. The lowest BCUT2D eigenvalue weighted by atomic mass is 10.1.